The summed E-state index contributed by atoms with van der Waals surface area (Å²) < 4.78 is 5.01. The molecule has 1 heterocycles. The average Bonchev–Trinajstić information content (AvgIpc) is 2.52. The number of nitrogens with one attached hydrogen (secondary N) is 2. The third kappa shape index (κ3) is 4.72. The second kappa shape index (κ2) is 8.21. The van der Waals surface area contributed by atoms with Crippen LogP contribution in [0.25, 0.3) is 0 Å². The molecule has 0 bridgehead atoms. The zero-order valence-electron chi connectivity index (χ0n) is 12.6. The van der Waals surface area contributed by atoms with Crippen molar-refractivity contribution < 1.29 is 4.74 Å². The Hall–Kier alpha value is -2.14. The van der Waals surface area contributed by atoms with E-state index >= 15 is 0 Å². The number of ether oxygens (including phenoxy) is 1. The first-order chi connectivity index (χ1) is 10.3. The number of rotatable bonds is 8. The van der Waals surface area contributed by atoms with E-state index in [1.165, 1.54) is 5.56 Å². The van der Waals surface area contributed by atoms with Gasteiger partial charge in [-0.25, -0.2) is 4.98 Å². The summed E-state index contributed by atoms with van der Waals surface area (Å²) in [6, 6.07) is 10.1. The molecule has 0 fully saturated rings. The molecule has 0 aliphatic carbocycles. The van der Waals surface area contributed by atoms with Crippen molar-refractivity contribution in [2.24, 2.45) is 0 Å². The number of hydrogen-bond acceptors (Lipinski definition) is 5. The van der Waals surface area contributed by atoms with Crippen molar-refractivity contribution in [1.29, 1.82) is 0 Å². The molecule has 2 aromatic rings. The average molecular weight is 286 g/mol. The van der Waals surface area contributed by atoms with Crippen molar-refractivity contribution in [3.8, 4) is 0 Å². The molecular formula is C16H22N4O. The standard InChI is InChI=1S/C16H22N4O/c1-3-13-7-4-5-8-14(13)19-15-9-11-18-16(20-15)17-10-6-12-21-2/h4-5,7-9,11H,3,6,10,12H2,1-2H3,(H2,17,18,19,20). The third-order valence-corrected chi connectivity index (χ3v) is 3.12. The fraction of sp³-hybridized carbons (Fsp3) is 0.375. The van der Waals surface area contributed by atoms with Crippen molar-refractivity contribution in [3.63, 3.8) is 0 Å². The highest BCUT2D eigenvalue weighted by Gasteiger charge is 2.02. The molecule has 0 atom stereocenters. The zero-order chi connectivity index (χ0) is 14.9. The van der Waals surface area contributed by atoms with Crippen LogP contribution in [0.4, 0.5) is 17.5 Å². The van der Waals surface area contributed by atoms with Crippen LogP contribution in [0.1, 0.15) is 18.9 Å². The van der Waals surface area contributed by atoms with Crippen LogP contribution in [-0.2, 0) is 11.2 Å². The molecule has 1 aromatic heterocycles. The minimum Gasteiger partial charge on any atom is -0.385 e. The van der Waals surface area contributed by atoms with Crippen molar-refractivity contribution >= 4 is 17.5 Å². The molecule has 0 amide bonds. The van der Waals surface area contributed by atoms with Crippen LogP contribution in [0.15, 0.2) is 36.5 Å². The van der Waals surface area contributed by atoms with Gasteiger partial charge in [-0.3, -0.25) is 0 Å². The first-order valence-corrected chi connectivity index (χ1v) is 7.24. The van der Waals surface area contributed by atoms with Crippen molar-refractivity contribution in [1.82, 2.24) is 9.97 Å². The highest BCUT2D eigenvalue weighted by atomic mass is 16.5. The molecule has 21 heavy (non-hydrogen) atoms. The van der Waals surface area contributed by atoms with E-state index in [0.717, 1.165) is 37.5 Å². The Balaban J connectivity index is 2.00. The number of anilines is 3. The van der Waals surface area contributed by atoms with Gasteiger partial charge in [0.1, 0.15) is 5.82 Å². The number of para-hydroxylation sites is 1. The van der Waals surface area contributed by atoms with Gasteiger partial charge in [-0.1, -0.05) is 25.1 Å². The molecule has 2 N–H and O–H groups in total. The summed E-state index contributed by atoms with van der Waals surface area (Å²) in [6.45, 7) is 3.67. The van der Waals surface area contributed by atoms with Gasteiger partial charge in [-0.2, -0.15) is 4.98 Å². The second-order valence-corrected chi connectivity index (χ2v) is 4.67. The SMILES string of the molecule is CCc1ccccc1Nc1ccnc(NCCCOC)n1. The summed E-state index contributed by atoms with van der Waals surface area (Å²) in [5, 5.41) is 6.54. The topological polar surface area (TPSA) is 59.1 Å². The van der Waals surface area contributed by atoms with Crippen molar-refractivity contribution in [3.05, 3.63) is 42.1 Å². The van der Waals surface area contributed by atoms with Gasteiger partial charge in [0.2, 0.25) is 5.95 Å². The minimum atomic E-state index is 0.630. The number of hydrogen-bond donors (Lipinski definition) is 2. The van der Waals surface area contributed by atoms with Crippen LogP contribution >= 0.6 is 0 Å². The summed E-state index contributed by atoms with van der Waals surface area (Å²) in [6.07, 6.45) is 3.66. The van der Waals surface area contributed by atoms with Gasteiger partial charge in [0.25, 0.3) is 0 Å². The van der Waals surface area contributed by atoms with Gasteiger partial charge < -0.3 is 15.4 Å². The van der Waals surface area contributed by atoms with E-state index in [2.05, 4.69) is 39.7 Å². The Labute approximate surface area is 125 Å². The Bertz CT molecular complexity index is 559. The summed E-state index contributed by atoms with van der Waals surface area (Å²) in [5.41, 5.74) is 2.36. The largest absolute Gasteiger partial charge is 0.385 e. The molecule has 2 rings (SSSR count). The predicted octanol–water partition coefficient (Wildman–Crippen LogP) is 3.23. The van der Waals surface area contributed by atoms with Crippen molar-refractivity contribution in [2.45, 2.75) is 19.8 Å². The van der Waals surface area contributed by atoms with E-state index in [9.17, 15) is 0 Å². The maximum Gasteiger partial charge on any atom is 0.224 e. The van der Waals surface area contributed by atoms with Gasteiger partial charge >= 0.3 is 0 Å². The first kappa shape index (κ1) is 15.3. The Kier molecular flexibility index (Phi) is 5.97. The van der Waals surface area contributed by atoms with Crippen molar-refractivity contribution in [2.75, 3.05) is 30.9 Å². The van der Waals surface area contributed by atoms with E-state index in [1.54, 1.807) is 13.3 Å². The molecule has 0 radical (unpaired) electrons. The molecule has 112 valence electrons. The summed E-state index contributed by atoms with van der Waals surface area (Å²) >= 11 is 0. The fourth-order valence-corrected chi connectivity index (χ4v) is 2.02. The molecule has 0 spiro atoms. The minimum absolute atomic E-state index is 0.630. The van der Waals surface area contributed by atoms with Gasteiger partial charge in [0.05, 0.1) is 0 Å². The van der Waals surface area contributed by atoms with Crippen LogP contribution < -0.4 is 10.6 Å². The Morgan fingerprint density at radius 1 is 1.19 bits per heavy atom. The van der Waals surface area contributed by atoms with Crippen LogP contribution in [0, 0.1) is 0 Å². The molecule has 0 aliphatic rings. The van der Waals surface area contributed by atoms with Gasteiger partial charge in [-0.15, -0.1) is 0 Å². The molecule has 5 heteroatoms. The lowest BCUT2D eigenvalue weighted by molar-refractivity contribution is 0.197. The molecule has 0 unspecified atom stereocenters. The predicted molar refractivity (Wildman–Crippen MR) is 86.1 cm³/mol. The normalized spacial score (nSPS) is 10.4. The summed E-state index contributed by atoms with van der Waals surface area (Å²) in [7, 11) is 1.70. The first-order valence-electron chi connectivity index (χ1n) is 7.24. The third-order valence-electron chi connectivity index (χ3n) is 3.12. The van der Waals surface area contributed by atoms with Crippen LogP contribution in [0.3, 0.4) is 0 Å². The molecular weight excluding hydrogens is 264 g/mol. The van der Waals surface area contributed by atoms with Gasteiger partial charge in [0.15, 0.2) is 0 Å². The Morgan fingerprint density at radius 2 is 2.05 bits per heavy atom. The molecule has 0 saturated carbocycles. The zero-order valence-corrected chi connectivity index (χ0v) is 12.6. The lowest BCUT2D eigenvalue weighted by Gasteiger charge is -2.11. The Morgan fingerprint density at radius 3 is 2.86 bits per heavy atom. The second-order valence-electron chi connectivity index (χ2n) is 4.67. The highest BCUT2D eigenvalue weighted by molar-refractivity contribution is 5.61. The van der Waals surface area contributed by atoms with Gasteiger partial charge in [0, 0.05) is 32.1 Å². The highest BCUT2D eigenvalue weighted by Crippen LogP contribution is 2.20. The maximum absolute atomic E-state index is 5.01. The molecule has 0 aliphatic heterocycles. The van der Waals surface area contributed by atoms with Crippen LogP contribution in [0.5, 0.6) is 0 Å². The summed E-state index contributed by atoms with van der Waals surface area (Å²) in [4.78, 5) is 8.69. The smallest absolute Gasteiger partial charge is 0.224 e. The molecule has 5 nitrogen and oxygen atoms in total. The monoisotopic (exact) mass is 286 g/mol. The van der Waals surface area contributed by atoms with Gasteiger partial charge in [-0.05, 0) is 30.5 Å². The molecule has 1 aromatic carbocycles. The van der Waals surface area contributed by atoms with E-state index in [1.807, 2.05) is 18.2 Å². The lowest BCUT2D eigenvalue weighted by atomic mass is 10.1. The number of aromatic nitrogens is 2. The number of aryl methyl sites for hydroxylation is 1. The lowest BCUT2D eigenvalue weighted by Crippen LogP contribution is -2.08. The quantitative estimate of drug-likeness (QED) is 0.730. The number of methoxy groups -OCH3 is 1. The van der Waals surface area contributed by atoms with Crippen LogP contribution in [0.2, 0.25) is 0 Å². The maximum atomic E-state index is 5.01. The number of nitrogens with zero attached hydrogens (tertiary/aromatic N) is 2. The van der Waals surface area contributed by atoms with E-state index in [0.29, 0.717) is 5.95 Å². The van der Waals surface area contributed by atoms with Crippen LogP contribution in [-0.4, -0.2) is 30.2 Å². The summed E-state index contributed by atoms with van der Waals surface area (Å²) in [5.74, 6) is 1.42. The number of benzene rings is 1. The molecule has 0 saturated heterocycles. The fourth-order valence-electron chi connectivity index (χ4n) is 2.02. The van der Waals surface area contributed by atoms with E-state index in [-0.39, 0.29) is 0 Å². The van der Waals surface area contributed by atoms with E-state index in [4.69, 9.17) is 4.74 Å². The van der Waals surface area contributed by atoms with E-state index < -0.39 is 0 Å².